The molecule has 3 aromatic rings. The number of urea groups is 1. The summed E-state index contributed by atoms with van der Waals surface area (Å²) in [6, 6.07) is 11.2. The fourth-order valence-electron chi connectivity index (χ4n) is 3.64. The average Bonchev–Trinajstić information content (AvgIpc) is 3.32. The van der Waals surface area contributed by atoms with Crippen molar-refractivity contribution in [3.63, 3.8) is 0 Å². The van der Waals surface area contributed by atoms with Crippen LogP contribution in [0.1, 0.15) is 29.8 Å². The first kappa shape index (κ1) is 20.0. The minimum absolute atomic E-state index is 0.0219. The first-order valence-corrected chi connectivity index (χ1v) is 9.81. The number of hydrogen-bond donors (Lipinski definition) is 2. The number of aromatic nitrogens is 2. The molecule has 1 atom stereocenters. The van der Waals surface area contributed by atoms with E-state index in [4.69, 9.17) is 0 Å². The molecule has 0 spiro atoms. The summed E-state index contributed by atoms with van der Waals surface area (Å²) < 4.78 is 28.8. The number of carbonyl (C=O) groups excluding carboxylic acids is 1. The number of hydrogen-bond acceptors (Lipinski definition) is 3. The molecular weight excluding hydrogens is 388 g/mol. The summed E-state index contributed by atoms with van der Waals surface area (Å²) >= 11 is 0. The van der Waals surface area contributed by atoms with E-state index < -0.39 is 11.6 Å². The van der Waals surface area contributed by atoms with Crippen LogP contribution in [-0.2, 0) is 6.54 Å². The van der Waals surface area contributed by atoms with Crippen molar-refractivity contribution in [2.45, 2.75) is 26.4 Å². The van der Waals surface area contributed by atoms with Crippen molar-refractivity contribution in [3.05, 3.63) is 77.1 Å². The molecule has 0 saturated carbocycles. The molecule has 0 unspecified atom stereocenters. The number of rotatable bonds is 6. The van der Waals surface area contributed by atoms with E-state index in [1.54, 1.807) is 11.1 Å². The Labute approximate surface area is 173 Å². The second kappa shape index (κ2) is 8.23. The van der Waals surface area contributed by atoms with E-state index in [1.165, 1.54) is 16.8 Å². The summed E-state index contributed by atoms with van der Waals surface area (Å²) in [6.07, 6.45) is 1.70. The van der Waals surface area contributed by atoms with Gasteiger partial charge in [-0.3, -0.25) is 4.90 Å². The van der Waals surface area contributed by atoms with Crippen LogP contribution >= 0.6 is 0 Å². The summed E-state index contributed by atoms with van der Waals surface area (Å²) in [6.45, 7) is 5.83. The Morgan fingerprint density at radius 1 is 1.20 bits per heavy atom. The maximum atomic E-state index is 14.1. The van der Waals surface area contributed by atoms with Gasteiger partial charge in [0.15, 0.2) is 5.82 Å². The zero-order valence-corrected chi connectivity index (χ0v) is 16.8. The van der Waals surface area contributed by atoms with Crippen molar-refractivity contribution < 1.29 is 13.6 Å². The maximum absolute atomic E-state index is 14.1. The second-order valence-corrected chi connectivity index (χ2v) is 7.35. The molecule has 1 aromatic heterocycles. The van der Waals surface area contributed by atoms with Crippen molar-refractivity contribution in [1.29, 1.82) is 0 Å². The molecule has 1 saturated heterocycles. The molecule has 2 amide bonds. The van der Waals surface area contributed by atoms with Gasteiger partial charge in [0, 0.05) is 48.7 Å². The highest BCUT2D eigenvalue weighted by atomic mass is 19.1. The molecule has 6 nitrogen and oxygen atoms in total. The highest BCUT2D eigenvalue weighted by Gasteiger charge is 2.21. The van der Waals surface area contributed by atoms with Gasteiger partial charge in [-0.05, 0) is 43.7 Å². The predicted octanol–water partition coefficient (Wildman–Crippen LogP) is 3.84. The van der Waals surface area contributed by atoms with Crippen molar-refractivity contribution >= 4 is 11.7 Å². The van der Waals surface area contributed by atoms with Gasteiger partial charge in [0.05, 0.1) is 6.20 Å². The molecule has 1 fully saturated rings. The van der Waals surface area contributed by atoms with Gasteiger partial charge in [-0.15, -0.1) is 0 Å². The van der Waals surface area contributed by atoms with Crippen LogP contribution in [0.15, 0.2) is 48.7 Å². The lowest BCUT2D eigenvalue weighted by molar-refractivity contribution is 0.252. The first-order valence-electron chi connectivity index (χ1n) is 9.81. The molecule has 2 N–H and O–H groups in total. The van der Waals surface area contributed by atoms with Crippen molar-refractivity contribution in [1.82, 2.24) is 20.4 Å². The summed E-state index contributed by atoms with van der Waals surface area (Å²) in [7, 11) is 0. The van der Waals surface area contributed by atoms with E-state index in [1.807, 2.05) is 38.1 Å². The Kier molecular flexibility index (Phi) is 5.50. The second-order valence-electron chi connectivity index (χ2n) is 7.35. The molecule has 0 aliphatic carbocycles. The standard InChI is InChI=1S/C22H23F2N5O/c1-14(19-13-27-29(15(19)2)21-8-5-17(23)11-20(21)24)26-12-16-3-6-18(7-4-16)28-10-9-25-22(28)30/h3-8,11,13-14,26H,9-10,12H2,1-2H3,(H,25,30)/t14-/m0/s1. The van der Waals surface area contributed by atoms with E-state index in [-0.39, 0.29) is 17.8 Å². The summed E-state index contributed by atoms with van der Waals surface area (Å²) in [4.78, 5) is 13.5. The molecular formula is C22H23F2N5O. The van der Waals surface area contributed by atoms with E-state index >= 15 is 0 Å². The fourth-order valence-corrected chi connectivity index (χ4v) is 3.64. The van der Waals surface area contributed by atoms with Gasteiger partial charge >= 0.3 is 6.03 Å². The Morgan fingerprint density at radius 3 is 2.63 bits per heavy atom. The molecule has 156 valence electrons. The predicted molar refractivity (Wildman–Crippen MR) is 111 cm³/mol. The van der Waals surface area contributed by atoms with Gasteiger partial charge in [-0.25, -0.2) is 18.3 Å². The Balaban J connectivity index is 1.43. The summed E-state index contributed by atoms with van der Waals surface area (Å²) in [5.41, 5.74) is 3.90. The Hall–Kier alpha value is -3.26. The van der Waals surface area contributed by atoms with Crippen molar-refractivity contribution in [3.8, 4) is 5.69 Å². The van der Waals surface area contributed by atoms with Crippen LogP contribution in [0.5, 0.6) is 0 Å². The summed E-state index contributed by atoms with van der Waals surface area (Å²) in [5.74, 6) is -1.27. The molecule has 0 bridgehead atoms. The molecule has 1 aliphatic rings. The quantitative estimate of drug-likeness (QED) is 0.648. The van der Waals surface area contributed by atoms with Crippen LogP contribution < -0.4 is 15.5 Å². The lowest BCUT2D eigenvalue weighted by Crippen LogP contribution is -2.27. The van der Waals surface area contributed by atoms with Gasteiger partial charge in [0.25, 0.3) is 0 Å². The minimum atomic E-state index is -0.653. The number of nitrogens with one attached hydrogen (secondary N) is 2. The Bertz CT molecular complexity index is 1060. The maximum Gasteiger partial charge on any atom is 0.321 e. The molecule has 30 heavy (non-hydrogen) atoms. The highest BCUT2D eigenvalue weighted by Crippen LogP contribution is 2.23. The number of benzene rings is 2. The third kappa shape index (κ3) is 3.91. The van der Waals surface area contributed by atoms with Crippen molar-refractivity contribution in [2.24, 2.45) is 0 Å². The number of amides is 2. The highest BCUT2D eigenvalue weighted by molar-refractivity contribution is 5.93. The largest absolute Gasteiger partial charge is 0.336 e. The minimum Gasteiger partial charge on any atom is -0.336 e. The third-order valence-electron chi connectivity index (χ3n) is 5.37. The van der Waals surface area contributed by atoms with E-state index in [2.05, 4.69) is 15.7 Å². The average molecular weight is 411 g/mol. The number of halogens is 2. The number of carbonyl (C=O) groups is 1. The molecule has 2 aromatic carbocycles. The van der Waals surface area contributed by atoms with Crippen LogP contribution in [0.2, 0.25) is 0 Å². The van der Waals surface area contributed by atoms with Crippen molar-refractivity contribution in [2.75, 3.05) is 18.0 Å². The smallest absolute Gasteiger partial charge is 0.321 e. The molecule has 4 rings (SSSR count). The van der Waals surface area contributed by atoms with Crippen LogP contribution in [0.25, 0.3) is 5.69 Å². The molecule has 0 radical (unpaired) electrons. The zero-order chi connectivity index (χ0) is 21.3. The van der Waals surface area contributed by atoms with Gasteiger partial charge in [0.1, 0.15) is 11.5 Å². The zero-order valence-electron chi connectivity index (χ0n) is 16.8. The summed E-state index contributed by atoms with van der Waals surface area (Å²) in [5, 5.41) is 10.5. The van der Waals surface area contributed by atoms with E-state index in [9.17, 15) is 13.6 Å². The third-order valence-corrected chi connectivity index (χ3v) is 5.37. The van der Waals surface area contributed by atoms with Gasteiger partial charge < -0.3 is 10.6 Å². The van der Waals surface area contributed by atoms with Gasteiger partial charge in [-0.1, -0.05) is 12.1 Å². The van der Waals surface area contributed by atoms with Gasteiger partial charge in [0.2, 0.25) is 0 Å². The van der Waals surface area contributed by atoms with E-state index in [0.29, 0.717) is 19.6 Å². The van der Waals surface area contributed by atoms with Crippen LogP contribution in [-0.4, -0.2) is 28.9 Å². The fraction of sp³-hybridized carbons (Fsp3) is 0.273. The number of anilines is 1. The molecule has 1 aliphatic heterocycles. The lowest BCUT2D eigenvalue weighted by atomic mass is 10.1. The van der Waals surface area contributed by atoms with Crippen LogP contribution in [0.3, 0.4) is 0 Å². The normalized spacial score (nSPS) is 14.8. The first-order chi connectivity index (χ1) is 14.4. The topological polar surface area (TPSA) is 62.2 Å². The molecule has 8 heteroatoms. The SMILES string of the molecule is Cc1c([C@H](C)NCc2ccc(N3CCNC3=O)cc2)cnn1-c1ccc(F)cc1F. The van der Waals surface area contributed by atoms with Gasteiger partial charge in [-0.2, -0.15) is 5.10 Å². The van der Waals surface area contributed by atoms with Crippen LogP contribution in [0, 0.1) is 18.6 Å². The number of nitrogens with zero attached hydrogens (tertiary/aromatic N) is 3. The van der Waals surface area contributed by atoms with E-state index in [0.717, 1.165) is 28.6 Å². The monoisotopic (exact) mass is 411 g/mol. The lowest BCUT2D eigenvalue weighted by Gasteiger charge is -2.16. The van der Waals surface area contributed by atoms with Crippen LogP contribution in [0.4, 0.5) is 19.3 Å². The molecule has 2 heterocycles. The Morgan fingerprint density at radius 2 is 1.97 bits per heavy atom.